The lowest BCUT2D eigenvalue weighted by molar-refractivity contribution is 0.172. The van der Waals surface area contributed by atoms with Gasteiger partial charge in [-0.15, -0.1) is 0 Å². The molecule has 0 spiro atoms. The third-order valence-corrected chi connectivity index (χ3v) is 3.83. The van der Waals surface area contributed by atoms with E-state index in [9.17, 15) is 0 Å². The fourth-order valence-corrected chi connectivity index (χ4v) is 2.44. The molecule has 1 fully saturated rings. The molecule has 0 amide bonds. The average molecular weight is 301 g/mol. The smallest absolute Gasteiger partial charge is 0.533 e. The predicted octanol–water partition coefficient (Wildman–Crippen LogP) is 3.43. The highest BCUT2D eigenvalue weighted by molar-refractivity contribution is 6.67. The lowest BCUT2D eigenvalue weighted by atomic mass is 9.79. The number of hydrogen-bond donors (Lipinski definition) is 0. The number of benzene rings is 1. The molecule has 1 aliphatic heterocycles. The minimum Gasteiger partial charge on any atom is -0.533 e. The normalized spacial score (nSPS) is 19.7. The van der Waals surface area contributed by atoms with Crippen molar-refractivity contribution in [3.05, 3.63) is 34.0 Å². The van der Waals surface area contributed by atoms with E-state index in [1.54, 1.807) is 19.2 Å². The molecule has 0 N–H and O–H groups in total. The number of methoxy groups -OCH3 is 1. The lowest BCUT2D eigenvalue weighted by Gasteiger charge is -2.16. The van der Waals surface area contributed by atoms with Crippen molar-refractivity contribution in [3.8, 4) is 5.75 Å². The van der Waals surface area contributed by atoms with Crippen LogP contribution in [0.3, 0.4) is 0 Å². The van der Waals surface area contributed by atoms with Crippen LogP contribution < -0.4 is 10.2 Å². The summed E-state index contributed by atoms with van der Waals surface area (Å²) in [5, 5.41) is 0.829. The van der Waals surface area contributed by atoms with E-state index in [1.165, 1.54) is 0 Å². The zero-order valence-electron chi connectivity index (χ0n) is 11.3. The van der Waals surface area contributed by atoms with Gasteiger partial charge in [0.15, 0.2) is 0 Å². The molecule has 0 atom stereocenters. The van der Waals surface area contributed by atoms with Gasteiger partial charge in [0.25, 0.3) is 0 Å². The molecular weight excluding hydrogens is 286 g/mol. The van der Waals surface area contributed by atoms with Gasteiger partial charge in [0, 0.05) is 11.5 Å². The van der Waals surface area contributed by atoms with Gasteiger partial charge in [0.2, 0.25) is 0 Å². The standard InChI is InChI=1S/C13H15BCl2O3/c1-5-11-13(2,3)19-14(18-11)9-6-8(17-4)7-10(15)12(9)16/h5-7H,1-4H3/b11-5-. The predicted molar refractivity (Wildman–Crippen MR) is 78.4 cm³/mol. The van der Waals surface area contributed by atoms with Gasteiger partial charge in [0.1, 0.15) is 17.1 Å². The molecule has 0 bridgehead atoms. The van der Waals surface area contributed by atoms with Gasteiger partial charge in [0.05, 0.1) is 17.2 Å². The summed E-state index contributed by atoms with van der Waals surface area (Å²) in [7, 11) is 0.988. The Morgan fingerprint density at radius 1 is 1.32 bits per heavy atom. The van der Waals surface area contributed by atoms with Crippen molar-refractivity contribution in [2.45, 2.75) is 26.4 Å². The summed E-state index contributed by atoms with van der Waals surface area (Å²) in [6.45, 7) is 5.79. The van der Waals surface area contributed by atoms with Gasteiger partial charge in [-0.1, -0.05) is 23.2 Å². The van der Waals surface area contributed by atoms with E-state index >= 15 is 0 Å². The summed E-state index contributed by atoms with van der Waals surface area (Å²) in [5.74, 6) is 1.39. The van der Waals surface area contributed by atoms with Crippen molar-refractivity contribution >= 4 is 35.8 Å². The van der Waals surface area contributed by atoms with Crippen LogP contribution >= 0.6 is 23.2 Å². The fraction of sp³-hybridized carbons (Fsp3) is 0.385. The Kier molecular flexibility index (Phi) is 4.04. The Morgan fingerprint density at radius 3 is 2.53 bits per heavy atom. The molecular formula is C13H15BCl2O3. The van der Waals surface area contributed by atoms with Crippen molar-refractivity contribution < 1.29 is 14.0 Å². The minimum atomic E-state index is -0.582. The summed E-state index contributed by atoms with van der Waals surface area (Å²) in [6.07, 6.45) is 1.88. The van der Waals surface area contributed by atoms with Crippen molar-refractivity contribution in [1.82, 2.24) is 0 Å². The molecule has 0 aromatic heterocycles. The molecule has 1 aliphatic rings. The van der Waals surface area contributed by atoms with E-state index in [2.05, 4.69) is 0 Å². The Bertz CT molecular complexity index is 529. The highest BCUT2D eigenvalue weighted by Gasteiger charge is 2.44. The first kappa shape index (κ1) is 14.6. The number of ether oxygens (including phenoxy) is 1. The van der Waals surface area contributed by atoms with E-state index in [0.29, 0.717) is 21.3 Å². The summed E-state index contributed by atoms with van der Waals surface area (Å²) in [6, 6.07) is 3.43. The molecule has 1 heterocycles. The van der Waals surface area contributed by atoms with Crippen molar-refractivity contribution in [2.75, 3.05) is 7.11 Å². The Balaban J connectivity index is 2.41. The largest absolute Gasteiger partial charge is 0.565 e. The molecule has 6 heteroatoms. The molecule has 0 saturated carbocycles. The average Bonchev–Trinajstić information content (AvgIpc) is 2.67. The van der Waals surface area contributed by atoms with Crippen molar-refractivity contribution in [3.63, 3.8) is 0 Å². The second-order valence-corrected chi connectivity index (χ2v) is 5.53. The molecule has 1 saturated heterocycles. The lowest BCUT2D eigenvalue weighted by Crippen LogP contribution is -2.35. The summed E-state index contributed by atoms with van der Waals surface area (Å²) in [4.78, 5) is 0. The maximum Gasteiger partial charge on any atom is 0.565 e. The number of allylic oxidation sites excluding steroid dienone is 1. The fourth-order valence-electron chi connectivity index (χ4n) is 2.02. The topological polar surface area (TPSA) is 27.7 Å². The van der Waals surface area contributed by atoms with Crippen LogP contribution in [0, 0.1) is 0 Å². The first-order chi connectivity index (χ1) is 8.89. The third kappa shape index (κ3) is 2.71. The molecule has 0 aliphatic carbocycles. The number of hydrogen-bond acceptors (Lipinski definition) is 3. The van der Waals surface area contributed by atoms with Gasteiger partial charge in [-0.2, -0.15) is 0 Å². The Morgan fingerprint density at radius 2 is 2.00 bits per heavy atom. The van der Waals surface area contributed by atoms with Gasteiger partial charge in [-0.05, 0) is 32.9 Å². The van der Waals surface area contributed by atoms with Crippen molar-refractivity contribution in [2.24, 2.45) is 0 Å². The second-order valence-electron chi connectivity index (χ2n) is 4.74. The first-order valence-electron chi connectivity index (χ1n) is 5.93. The monoisotopic (exact) mass is 300 g/mol. The summed E-state index contributed by atoms with van der Waals surface area (Å²) >= 11 is 12.3. The zero-order chi connectivity index (χ0) is 14.2. The minimum absolute atomic E-state index is 0.412. The van der Waals surface area contributed by atoms with E-state index in [4.69, 9.17) is 37.2 Å². The van der Waals surface area contributed by atoms with Gasteiger partial charge >= 0.3 is 7.12 Å². The molecule has 2 rings (SSSR count). The SMILES string of the molecule is C/C=C1\OB(c2cc(OC)cc(Cl)c2Cl)OC1(C)C. The zero-order valence-corrected chi connectivity index (χ0v) is 12.8. The summed E-state index contributed by atoms with van der Waals surface area (Å²) in [5.41, 5.74) is 0.175. The van der Waals surface area contributed by atoms with E-state index in [0.717, 1.165) is 5.76 Å². The van der Waals surface area contributed by atoms with Gasteiger partial charge in [-0.25, -0.2) is 0 Å². The maximum absolute atomic E-state index is 6.22. The molecule has 1 aromatic carbocycles. The number of halogens is 2. The quantitative estimate of drug-likeness (QED) is 0.783. The highest BCUT2D eigenvalue weighted by Crippen LogP contribution is 2.33. The Hall–Kier alpha value is -0.835. The maximum atomic E-state index is 6.22. The first-order valence-corrected chi connectivity index (χ1v) is 6.69. The number of rotatable bonds is 2. The van der Waals surface area contributed by atoms with Crippen LogP contribution in [-0.2, 0) is 9.31 Å². The second kappa shape index (κ2) is 5.27. The van der Waals surface area contributed by atoms with E-state index in [-0.39, 0.29) is 0 Å². The van der Waals surface area contributed by atoms with E-state index < -0.39 is 12.7 Å². The van der Waals surface area contributed by atoms with Crippen LogP contribution in [0.15, 0.2) is 24.0 Å². The van der Waals surface area contributed by atoms with Crippen LogP contribution in [0.1, 0.15) is 20.8 Å². The highest BCUT2D eigenvalue weighted by atomic mass is 35.5. The molecule has 19 heavy (non-hydrogen) atoms. The van der Waals surface area contributed by atoms with Crippen LogP contribution in [0.2, 0.25) is 10.0 Å². The molecule has 0 radical (unpaired) electrons. The van der Waals surface area contributed by atoms with Gasteiger partial charge < -0.3 is 14.0 Å². The Labute approximate surface area is 123 Å². The molecule has 102 valence electrons. The molecule has 3 nitrogen and oxygen atoms in total. The van der Waals surface area contributed by atoms with Crippen molar-refractivity contribution in [1.29, 1.82) is 0 Å². The van der Waals surface area contributed by atoms with E-state index in [1.807, 2.05) is 26.8 Å². The summed E-state index contributed by atoms with van der Waals surface area (Å²) < 4.78 is 16.9. The van der Waals surface area contributed by atoms with Crippen LogP contribution in [0.5, 0.6) is 5.75 Å². The van der Waals surface area contributed by atoms with Gasteiger partial charge in [-0.3, -0.25) is 0 Å². The molecule has 0 unspecified atom stereocenters. The van der Waals surface area contributed by atoms with Crippen LogP contribution in [-0.4, -0.2) is 19.8 Å². The third-order valence-electron chi connectivity index (χ3n) is 3.01. The molecule has 1 aromatic rings. The van der Waals surface area contributed by atoms with Crippen LogP contribution in [0.4, 0.5) is 0 Å². The van der Waals surface area contributed by atoms with Crippen LogP contribution in [0.25, 0.3) is 0 Å².